The van der Waals surface area contributed by atoms with E-state index < -0.39 is 6.04 Å². The van der Waals surface area contributed by atoms with E-state index in [0.29, 0.717) is 44.2 Å². The second-order valence-corrected chi connectivity index (χ2v) is 7.89. The smallest absolute Gasteiger partial charge is 0.322 e. The lowest BCUT2D eigenvalue weighted by molar-refractivity contribution is -0.127. The molecule has 0 aliphatic carbocycles. The second-order valence-electron chi connectivity index (χ2n) is 7.89. The Morgan fingerprint density at radius 1 is 1.06 bits per heavy atom. The highest BCUT2D eigenvalue weighted by molar-refractivity contribution is 5.94. The van der Waals surface area contributed by atoms with Gasteiger partial charge in [0.15, 0.2) is 0 Å². The van der Waals surface area contributed by atoms with E-state index in [1.54, 1.807) is 36.5 Å². The van der Waals surface area contributed by atoms with E-state index >= 15 is 0 Å². The number of hydrogen-bond acceptors (Lipinski definition) is 5. The molecule has 1 aliphatic heterocycles. The Balaban J connectivity index is 1.46. The number of urea groups is 1. The van der Waals surface area contributed by atoms with Crippen molar-refractivity contribution in [2.45, 2.75) is 19.1 Å². The van der Waals surface area contributed by atoms with Gasteiger partial charge in [0.1, 0.15) is 17.6 Å². The van der Waals surface area contributed by atoms with E-state index in [0.717, 1.165) is 11.3 Å². The minimum absolute atomic E-state index is 0.191. The van der Waals surface area contributed by atoms with Gasteiger partial charge in [-0.3, -0.25) is 9.69 Å². The van der Waals surface area contributed by atoms with Crippen molar-refractivity contribution in [2.75, 3.05) is 32.1 Å². The van der Waals surface area contributed by atoms with Crippen molar-refractivity contribution in [3.63, 3.8) is 0 Å². The molecule has 33 heavy (non-hydrogen) atoms. The fourth-order valence-corrected chi connectivity index (χ4v) is 3.87. The van der Waals surface area contributed by atoms with Crippen molar-refractivity contribution in [3.05, 3.63) is 84.3 Å². The molecule has 2 heterocycles. The van der Waals surface area contributed by atoms with Crippen molar-refractivity contribution in [1.82, 2.24) is 15.1 Å². The lowest BCUT2D eigenvalue weighted by atomic mass is 10.1. The monoisotopic (exact) mass is 448 g/mol. The van der Waals surface area contributed by atoms with Crippen LogP contribution in [0.25, 0.3) is 0 Å². The van der Waals surface area contributed by atoms with E-state index in [9.17, 15) is 9.59 Å². The van der Waals surface area contributed by atoms with Crippen LogP contribution >= 0.6 is 0 Å². The number of piperazine rings is 1. The minimum Gasteiger partial charge on any atom is -0.497 e. The fraction of sp³-hybridized carbons (Fsp3) is 0.280. The van der Waals surface area contributed by atoms with Gasteiger partial charge in [-0.05, 0) is 29.8 Å². The molecule has 0 radical (unpaired) electrons. The summed E-state index contributed by atoms with van der Waals surface area (Å²) < 4.78 is 10.7. The molecule has 0 spiro atoms. The molecule has 2 N–H and O–H groups in total. The molecule has 3 aromatic rings. The van der Waals surface area contributed by atoms with Crippen LogP contribution in [-0.4, -0.2) is 54.5 Å². The predicted octanol–water partition coefficient (Wildman–Crippen LogP) is 3.32. The first-order valence-electron chi connectivity index (χ1n) is 10.9. The molecular weight excluding hydrogens is 420 g/mol. The zero-order chi connectivity index (χ0) is 23.0. The molecular formula is C25H28N4O4. The maximum Gasteiger partial charge on any atom is 0.322 e. The first-order chi connectivity index (χ1) is 16.1. The number of amides is 3. The third-order valence-electron chi connectivity index (χ3n) is 5.62. The van der Waals surface area contributed by atoms with Crippen molar-refractivity contribution in [3.8, 4) is 5.75 Å². The molecule has 4 rings (SSSR count). The van der Waals surface area contributed by atoms with Crippen molar-refractivity contribution < 1.29 is 18.7 Å². The van der Waals surface area contributed by atoms with Crippen LogP contribution in [0.3, 0.4) is 0 Å². The summed E-state index contributed by atoms with van der Waals surface area (Å²) in [5, 5.41) is 5.88. The number of nitrogens with zero attached hydrogens (tertiary/aromatic N) is 2. The molecule has 172 valence electrons. The van der Waals surface area contributed by atoms with Crippen LogP contribution in [-0.2, 0) is 17.9 Å². The van der Waals surface area contributed by atoms with E-state index in [2.05, 4.69) is 15.5 Å². The largest absolute Gasteiger partial charge is 0.497 e. The number of hydrogen-bond donors (Lipinski definition) is 2. The van der Waals surface area contributed by atoms with Crippen molar-refractivity contribution in [1.29, 1.82) is 0 Å². The minimum atomic E-state index is -0.636. The van der Waals surface area contributed by atoms with E-state index in [1.807, 2.05) is 48.5 Å². The van der Waals surface area contributed by atoms with Crippen LogP contribution in [0.4, 0.5) is 10.5 Å². The molecule has 2 aromatic carbocycles. The number of ether oxygens (including phenoxy) is 1. The number of benzene rings is 2. The topological polar surface area (TPSA) is 87.1 Å². The van der Waals surface area contributed by atoms with Crippen LogP contribution in [0.5, 0.6) is 5.75 Å². The lowest BCUT2D eigenvalue weighted by Crippen LogP contribution is -2.61. The summed E-state index contributed by atoms with van der Waals surface area (Å²) in [6, 6.07) is 19.7. The quantitative estimate of drug-likeness (QED) is 0.579. The van der Waals surface area contributed by atoms with E-state index in [1.165, 1.54) is 0 Å². The molecule has 0 bridgehead atoms. The third-order valence-corrected chi connectivity index (χ3v) is 5.62. The highest BCUT2D eigenvalue weighted by Gasteiger charge is 2.35. The maximum absolute atomic E-state index is 13.2. The van der Waals surface area contributed by atoms with Gasteiger partial charge < -0.3 is 24.7 Å². The number of carbonyl (C=O) groups is 2. The average Bonchev–Trinajstić information content (AvgIpc) is 3.36. The summed E-state index contributed by atoms with van der Waals surface area (Å²) in [6.07, 6.45) is 1.64. The first kappa shape index (κ1) is 22.4. The zero-order valence-electron chi connectivity index (χ0n) is 18.6. The standard InChI is InChI=1S/C25H28N4O4/c1-32-21-10-5-9-20(15-21)27-25(31)29-13-12-28(17-22-11-6-14-33-22)18-23(29)24(30)26-16-19-7-3-2-4-8-19/h2-11,14-15,23H,12-13,16-18H2,1H3,(H,26,30)(H,27,31). The van der Waals surface area contributed by atoms with Gasteiger partial charge in [-0.1, -0.05) is 36.4 Å². The van der Waals surface area contributed by atoms with Gasteiger partial charge in [-0.25, -0.2) is 4.79 Å². The number of methoxy groups -OCH3 is 1. The molecule has 1 fully saturated rings. The molecule has 3 amide bonds. The van der Waals surface area contributed by atoms with Crippen LogP contribution in [0.1, 0.15) is 11.3 Å². The highest BCUT2D eigenvalue weighted by Crippen LogP contribution is 2.19. The summed E-state index contributed by atoms with van der Waals surface area (Å²) in [6.45, 7) is 2.45. The molecule has 1 saturated heterocycles. The van der Waals surface area contributed by atoms with Gasteiger partial charge in [-0.2, -0.15) is 0 Å². The summed E-state index contributed by atoms with van der Waals surface area (Å²) in [5.74, 6) is 1.28. The summed E-state index contributed by atoms with van der Waals surface area (Å²) in [7, 11) is 1.58. The molecule has 1 unspecified atom stereocenters. The van der Waals surface area contributed by atoms with Gasteiger partial charge in [0, 0.05) is 37.9 Å². The Morgan fingerprint density at radius 3 is 2.67 bits per heavy atom. The maximum atomic E-state index is 13.2. The summed E-state index contributed by atoms with van der Waals surface area (Å²) >= 11 is 0. The van der Waals surface area contributed by atoms with E-state index in [4.69, 9.17) is 9.15 Å². The van der Waals surface area contributed by atoms with Crippen molar-refractivity contribution in [2.24, 2.45) is 0 Å². The van der Waals surface area contributed by atoms with Gasteiger partial charge in [-0.15, -0.1) is 0 Å². The van der Waals surface area contributed by atoms with Crippen LogP contribution < -0.4 is 15.4 Å². The summed E-state index contributed by atoms with van der Waals surface area (Å²) in [4.78, 5) is 30.0. The molecule has 0 saturated carbocycles. The first-order valence-corrected chi connectivity index (χ1v) is 10.9. The SMILES string of the molecule is COc1cccc(NC(=O)N2CCN(Cc3ccco3)CC2C(=O)NCc2ccccc2)c1. The molecule has 8 heteroatoms. The highest BCUT2D eigenvalue weighted by atomic mass is 16.5. The normalized spacial score (nSPS) is 16.3. The molecule has 1 aliphatic rings. The Hall–Kier alpha value is -3.78. The van der Waals surface area contributed by atoms with Gasteiger partial charge in [0.2, 0.25) is 5.91 Å². The van der Waals surface area contributed by atoms with Gasteiger partial charge >= 0.3 is 6.03 Å². The number of furan rings is 1. The Labute approximate surface area is 193 Å². The van der Waals surface area contributed by atoms with E-state index in [-0.39, 0.29) is 11.9 Å². The van der Waals surface area contributed by atoms with Crippen molar-refractivity contribution >= 4 is 17.6 Å². The second kappa shape index (κ2) is 10.7. The number of nitrogens with one attached hydrogen (secondary N) is 2. The average molecular weight is 449 g/mol. The molecule has 8 nitrogen and oxygen atoms in total. The van der Waals surface area contributed by atoms with Gasteiger partial charge in [0.25, 0.3) is 0 Å². The third kappa shape index (κ3) is 5.93. The lowest BCUT2D eigenvalue weighted by Gasteiger charge is -2.40. The number of anilines is 1. The molecule has 1 aromatic heterocycles. The van der Waals surface area contributed by atoms with Gasteiger partial charge in [0.05, 0.1) is 19.9 Å². The Kier molecular flexibility index (Phi) is 7.26. The Bertz CT molecular complexity index is 1060. The van der Waals surface area contributed by atoms with Crippen LogP contribution in [0.15, 0.2) is 77.4 Å². The fourth-order valence-electron chi connectivity index (χ4n) is 3.87. The van der Waals surface area contributed by atoms with Crippen LogP contribution in [0, 0.1) is 0 Å². The summed E-state index contributed by atoms with van der Waals surface area (Å²) in [5.41, 5.74) is 1.61. The van der Waals surface area contributed by atoms with Crippen LogP contribution in [0.2, 0.25) is 0 Å². The molecule has 1 atom stereocenters. The number of carbonyl (C=O) groups excluding carboxylic acids is 2. The zero-order valence-corrected chi connectivity index (χ0v) is 18.6. The Morgan fingerprint density at radius 2 is 1.91 bits per heavy atom. The predicted molar refractivity (Wildman–Crippen MR) is 125 cm³/mol. The number of rotatable bonds is 7.